The summed E-state index contributed by atoms with van der Waals surface area (Å²) in [7, 11) is 0. The van der Waals surface area contributed by atoms with Crippen molar-refractivity contribution in [3.8, 4) is 0 Å². The summed E-state index contributed by atoms with van der Waals surface area (Å²) in [5.41, 5.74) is 9.05. The smallest absolute Gasteiger partial charge is 0.221 e. The molecule has 34 heavy (non-hydrogen) atoms. The average molecular weight is 467 g/mol. The first-order valence-electron chi connectivity index (χ1n) is 11.2. The Balaban J connectivity index is 1.48. The Morgan fingerprint density at radius 2 is 1.82 bits per heavy atom. The highest BCUT2D eigenvalue weighted by Crippen LogP contribution is 2.25. The van der Waals surface area contributed by atoms with Crippen molar-refractivity contribution in [2.45, 2.75) is 19.4 Å². The van der Waals surface area contributed by atoms with Crippen molar-refractivity contribution >= 4 is 28.8 Å². The van der Waals surface area contributed by atoms with Crippen molar-refractivity contribution in [2.24, 2.45) is 5.73 Å². The maximum atomic E-state index is 13.5. The van der Waals surface area contributed by atoms with Gasteiger partial charge in [-0.25, -0.2) is 13.8 Å². The summed E-state index contributed by atoms with van der Waals surface area (Å²) in [6.45, 7) is 4.17. The van der Waals surface area contributed by atoms with Crippen LogP contribution in [0.1, 0.15) is 17.5 Å². The van der Waals surface area contributed by atoms with Crippen LogP contribution in [0.4, 0.5) is 31.7 Å². The maximum Gasteiger partial charge on any atom is 0.221 e. The highest BCUT2D eigenvalue weighted by atomic mass is 19.1. The average Bonchev–Trinajstić information content (AvgIpc) is 3.08. The van der Waals surface area contributed by atoms with Gasteiger partial charge in [0.15, 0.2) is 0 Å². The number of benzene rings is 2. The predicted octanol–water partition coefficient (Wildman–Crippen LogP) is 3.54. The van der Waals surface area contributed by atoms with Crippen LogP contribution in [-0.2, 0) is 17.8 Å². The van der Waals surface area contributed by atoms with Crippen LogP contribution in [0.5, 0.6) is 0 Å². The van der Waals surface area contributed by atoms with E-state index in [1.807, 2.05) is 12.1 Å². The fourth-order valence-electron chi connectivity index (χ4n) is 3.96. The molecule has 7 nitrogen and oxygen atoms in total. The molecule has 2 aromatic carbocycles. The first-order valence-corrected chi connectivity index (χ1v) is 11.2. The number of nitrogens with two attached hydrogens (primary N) is 1. The van der Waals surface area contributed by atoms with E-state index in [1.54, 1.807) is 12.3 Å². The number of nitrogens with zero attached hydrogens (tertiary/aromatic N) is 2. The Morgan fingerprint density at radius 1 is 1.06 bits per heavy atom. The number of aromatic nitrogens is 1. The molecule has 0 bridgehead atoms. The highest BCUT2D eigenvalue weighted by Gasteiger charge is 2.11. The number of nitrogens with one attached hydrogen (secondary N) is 3. The van der Waals surface area contributed by atoms with Gasteiger partial charge in [0.25, 0.3) is 0 Å². The molecule has 1 aliphatic rings. The standard InChI is InChI=1S/C25H28F2N6O/c26-19-10-17(11-20(27)13-19)15-30-23-14-25(31-16-18(23)12-24(28)34)32-21-2-4-22(5-3-21)33-8-1-6-29-7-9-33/h2-5,10-11,13-14,16,29H,1,6-9,12,15H2,(H2,28,34)(H2,30,31,32). The number of halogens is 2. The van der Waals surface area contributed by atoms with Gasteiger partial charge in [-0.3, -0.25) is 4.79 Å². The topological polar surface area (TPSA) is 95.3 Å². The summed E-state index contributed by atoms with van der Waals surface area (Å²) in [4.78, 5) is 18.2. The zero-order valence-corrected chi connectivity index (χ0v) is 18.8. The van der Waals surface area contributed by atoms with E-state index in [1.165, 1.54) is 17.8 Å². The predicted molar refractivity (Wildman–Crippen MR) is 130 cm³/mol. The Morgan fingerprint density at radius 3 is 2.56 bits per heavy atom. The number of anilines is 4. The Labute approximate surface area is 197 Å². The lowest BCUT2D eigenvalue weighted by Gasteiger charge is -2.22. The van der Waals surface area contributed by atoms with E-state index in [9.17, 15) is 13.6 Å². The summed E-state index contributed by atoms with van der Waals surface area (Å²) in [6, 6.07) is 13.2. The molecule has 0 spiro atoms. The second-order valence-electron chi connectivity index (χ2n) is 8.26. The number of amides is 1. The number of pyridine rings is 1. The molecule has 0 aliphatic carbocycles. The molecule has 4 rings (SSSR count). The molecule has 178 valence electrons. The van der Waals surface area contributed by atoms with Gasteiger partial charge in [0.2, 0.25) is 5.91 Å². The van der Waals surface area contributed by atoms with E-state index in [2.05, 4.69) is 38.0 Å². The second kappa shape index (κ2) is 10.9. The minimum Gasteiger partial charge on any atom is -0.381 e. The molecule has 9 heteroatoms. The molecule has 2 heterocycles. The number of carbonyl (C=O) groups excluding carboxylic acids is 1. The summed E-state index contributed by atoms with van der Waals surface area (Å²) < 4.78 is 27.0. The highest BCUT2D eigenvalue weighted by molar-refractivity contribution is 5.79. The number of hydrogen-bond acceptors (Lipinski definition) is 6. The van der Waals surface area contributed by atoms with Crippen LogP contribution in [0.15, 0.2) is 54.7 Å². The van der Waals surface area contributed by atoms with Gasteiger partial charge in [0.05, 0.1) is 6.42 Å². The third kappa shape index (κ3) is 6.41. The van der Waals surface area contributed by atoms with Crippen molar-refractivity contribution in [1.29, 1.82) is 0 Å². The van der Waals surface area contributed by atoms with Gasteiger partial charge in [-0.15, -0.1) is 0 Å². The van der Waals surface area contributed by atoms with Crippen LogP contribution in [0, 0.1) is 11.6 Å². The minimum atomic E-state index is -0.647. The van der Waals surface area contributed by atoms with Crippen LogP contribution < -0.4 is 26.6 Å². The zero-order chi connectivity index (χ0) is 23.9. The lowest BCUT2D eigenvalue weighted by molar-refractivity contribution is -0.117. The van der Waals surface area contributed by atoms with Crippen LogP contribution in [0.3, 0.4) is 0 Å². The first-order chi connectivity index (χ1) is 16.5. The lowest BCUT2D eigenvalue weighted by atomic mass is 10.1. The molecule has 1 amide bonds. The number of carbonyl (C=O) groups is 1. The van der Waals surface area contributed by atoms with Crippen LogP contribution in [0.2, 0.25) is 0 Å². The molecule has 0 saturated carbocycles. The zero-order valence-electron chi connectivity index (χ0n) is 18.8. The molecule has 1 aromatic heterocycles. The number of hydrogen-bond donors (Lipinski definition) is 4. The molecule has 0 unspecified atom stereocenters. The van der Waals surface area contributed by atoms with Crippen molar-refractivity contribution in [1.82, 2.24) is 10.3 Å². The van der Waals surface area contributed by atoms with E-state index in [0.717, 1.165) is 44.4 Å². The molecule has 1 fully saturated rings. The lowest BCUT2D eigenvalue weighted by Crippen LogP contribution is -2.27. The van der Waals surface area contributed by atoms with Gasteiger partial charge in [-0.1, -0.05) is 0 Å². The molecule has 5 N–H and O–H groups in total. The van der Waals surface area contributed by atoms with Crippen molar-refractivity contribution in [2.75, 3.05) is 41.7 Å². The van der Waals surface area contributed by atoms with E-state index >= 15 is 0 Å². The normalized spacial score (nSPS) is 13.9. The molecule has 0 atom stereocenters. The molecule has 0 radical (unpaired) electrons. The van der Waals surface area contributed by atoms with Gasteiger partial charge in [-0.05, 0) is 54.9 Å². The van der Waals surface area contributed by atoms with Gasteiger partial charge >= 0.3 is 0 Å². The SMILES string of the molecule is NC(=O)Cc1cnc(Nc2ccc(N3CCCNCC3)cc2)cc1NCc1cc(F)cc(F)c1. The summed E-state index contributed by atoms with van der Waals surface area (Å²) in [5.74, 6) is -1.23. The Hall–Kier alpha value is -3.72. The van der Waals surface area contributed by atoms with Gasteiger partial charge in [0, 0.05) is 67.1 Å². The number of rotatable bonds is 8. The van der Waals surface area contributed by atoms with Crippen LogP contribution in [-0.4, -0.2) is 37.1 Å². The van der Waals surface area contributed by atoms with E-state index in [0.29, 0.717) is 22.6 Å². The summed E-state index contributed by atoms with van der Waals surface area (Å²) >= 11 is 0. The first kappa shape index (κ1) is 23.4. The van der Waals surface area contributed by atoms with Crippen molar-refractivity contribution in [3.63, 3.8) is 0 Å². The summed E-state index contributed by atoms with van der Waals surface area (Å²) in [5, 5.41) is 9.81. The van der Waals surface area contributed by atoms with E-state index in [4.69, 9.17) is 5.73 Å². The Kier molecular flexibility index (Phi) is 7.54. The van der Waals surface area contributed by atoms with Crippen LogP contribution in [0.25, 0.3) is 0 Å². The molecule has 1 aliphatic heterocycles. The third-order valence-corrected chi connectivity index (χ3v) is 5.60. The van der Waals surface area contributed by atoms with Gasteiger partial charge < -0.3 is 26.6 Å². The van der Waals surface area contributed by atoms with Gasteiger partial charge in [-0.2, -0.15) is 0 Å². The van der Waals surface area contributed by atoms with Crippen LogP contribution >= 0.6 is 0 Å². The monoisotopic (exact) mass is 466 g/mol. The fourth-order valence-corrected chi connectivity index (χ4v) is 3.96. The minimum absolute atomic E-state index is 0.00743. The molecular formula is C25H28F2N6O. The van der Waals surface area contributed by atoms with Crippen molar-refractivity contribution in [3.05, 3.63) is 77.5 Å². The van der Waals surface area contributed by atoms with Gasteiger partial charge in [0.1, 0.15) is 17.5 Å². The second-order valence-corrected chi connectivity index (χ2v) is 8.26. The third-order valence-electron chi connectivity index (χ3n) is 5.60. The largest absolute Gasteiger partial charge is 0.381 e. The maximum absolute atomic E-state index is 13.5. The quantitative estimate of drug-likeness (QED) is 0.406. The van der Waals surface area contributed by atoms with Crippen molar-refractivity contribution < 1.29 is 13.6 Å². The molecule has 1 saturated heterocycles. The van der Waals surface area contributed by atoms with E-state index in [-0.39, 0.29) is 13.0 Å². The summed E-state index contributed by atoms with van der Waals surface area (Å²) in [6.07, 6.45) is 2.67. The molecule has 3 aromatic rings. The van der Waals surface area contributed by atoms with E-state index < -0.39 is 17.5 Å². The molecular weight excluding hydrogens is 438 g/mol. The number of primary amides is 1. The fraction of sp³-hybridized carbons (Fsp3) is 0.280. The Bertz CT molecular complexity index is 1110.